The minimum Gasteiger partial charge on any atom is -0.675 e. The third-order valence-corrected chi connectivity index (χ3v) is 4.40. The second-order valence-corrected chi connectivity index (χ2v) is 6.24. The largest absolute Gasteiger partial charge is 0.675 e. The first-order valence-corrected chi connectivity index (χ1v) is 8.10. The molecule has 0 saturated heterocycles. The predicted molar refractivity (Wildman–Crippen MR) is 91.9 cm³/mol. The van der Waals surface area contributed by atoms with Crippen molar-refractivity contribution in [1.29, 1.82) is 0 Å². The van der Waals surface area contributed by atoms with Gasteiger partial charge in [0.25, 0.3) is 0 Å². The topological polar surface area (TPSA) is 63.9 Å². The monoisotopic (exact) mass is 400 g/mol. The summed E-state index contributed by atoms with van der Waals surface area (Å²) in [5, 5.41) is 4.65. The Morgan fingerprint density at radius 3 is 2.29 bits per heavy atom. The number of benzene rings is 2. The summed E-state index contributed by atoms with van der Waals surface area (Å²) in [6.07, 6.45) is 2.84. The van der Waals surface area contributed by atoms with Crippen LogP contribution in [0, 0.1) is 5.82 Å². The summed E-state index contributed by atoms with van der Waals surface area (Å²) in [5.41, 5.74) is 16.0. The Morgan fingerprint density at radius 1 is 1.04 bits per heavy atom. The smallest absolute Gasteiger partial charge is 0.123 e. The van der Waals surface area contributed by atoms with Gasteiger partial charge in [-0.25, -0.2) is 4.39 Å². The van der Waals surface area contributed by atoms with Gasteiger partial charge in [-0.05, 0) is 24.1 Å². The number of halogens is 1. The van der Waals surface area contributed by atoms with E-state index in [1.165, 1.54) is 23.3 Å². The summed E-state index contributed by atoms with van der Waals surface area (Å²) >= 11 is 0. The van der Waals surface area contributed by atoms with Gasteiger partial charge >= 0.3 is 0 Å². The van der Waals surface area contributed by atoms with Crippen LogP contribution in [0.5, 0.6) is 0 Å². The van der Waals surface area contributed by atoms with Crippen LogP contribution in [0.3, 0.4) is 0 Å². The molecule has 3 N–H and O–H groups in total. The van der Waals surface area contributed by atoms with Crippen molar-refractivity contribution in [3.8, 4) is 0 Å². The molecule has 2 aromatic carbocycles. The number of fused-ring (bicyclic) bond motifs is 1. The van der Waals surface area contributed by atoms with E-state index in [1.807, 2.05) is 18.2 Å². The van der Waals surface area contributed by atoms with E-state index in [4.69, 9.17) is 11.5 Å². The minimum atomic E-state index is -0.196. The van der Waals surface area contributed by atoms with Gasteiger partial charge in [0.15, 0.2) is 0 Å². The van der Waals surface area contributed by atoms with Gasteiger partial charge in [-0.1, -0.05) is 66.4 Å². The molecule has 0 unspecified atom stereocenters. The molecule has 3 nitrogen and oxygen atoms in total. The molecule has 5 heteroatoms. The molecule has 2 aromatic rings. The Kier molecular flexibility index (Phi) is 7.51. The molecule has 1 radical (unpaired) electrons. The Morgan fingerprint density at radius 2 is 1.71 bits per heavy atom. The van der Waals surface area contributed by atoms with Crippen LogP contribution in [0.15, 0.2) is 48.5 Å². The summed E-state index contributed by atoms with van der Waals surface area (Å²) in [7, 11) is 0. The SMILES string of the molecule is Fc1ccc([C@@H]2[N-]CCc3ccccc32)cc1.[NH-]C1CC(N)C1.[Y]. The minimum absolute atomic E-state index is 0. The van der Waals surface area contributed by atoms with Gasteiger partial charge in [0.1, 0.15) is 5.82 Å². The Balaban J connectivity index is 0.000000254. The Labute approximate surface area is 168 Å². The summed E-state index contributed by atoms with van der Waals surface area (Å²) in [6, 6.07) is 15.6. The molecule has 1 fully saturated rings. The number of rotatable bonds is 1. The van der Waals surface area contributed by atoms with E-state index in [1.54, 1.807) is 0 Å². The van der Waals surface area contributed by atoms with Crippen molar-refractivity contribution in [1.82, 2.24) is 0 Å². The van der Waals surface area contributed by atoms with Crippen molar-refractivity contribution in [2.24, 2.45) is 5.73 Å². The normalized spacial score (nSPS) is 24.5. The zero-order valence-corrected chi connectivity index (χ0v) is 16.5. The molecule has 1 aliphatic heterocycles. The van der Waals surface area contributed by atoms with Crippen molar-refractivity contribution < 1.29 is 37.1 Å². The van der Waals surface area contributed by atoms with Crippen molar-refractivity contribution in [2.45, 2.75) is 37.4 Å². The fourth-order valence-electron chi connectivity index (χ4n) is 3.03. The molecule has 1 heterocycles. The van der Waals surface area contributed by atoms with Crippen molar-refractivity contribution >= 4 is 0 Å². The molecule has 1 atom stereocenters. The van der Waals surface area contributed by atoms with E-state index in [2.05, 4.69) is 23.5 Å². The van der Waals surface area contributed by atoms with Gasteiger partial charge in [0.2, 0.25) is 0 Å². The Hall–Kier alpha value is -0.646. The van der Waals surface area contributed by atoms with Gasteiger partial charge in [-0.3, -0.25) is 0 Å². The van der Waals surface area contributed by atoms with E-state index in [9.17, 15) is 4.39 Å². The maximum Gasteiger partial charge on any atom is 0.123 e. The molecular formula is C19H22FN3Y-2. The summed E-state index contributed by atoms with van der Waals surface area (Å²) < 4.78 is 12.9. The van der Waals surface area contributed by atoms with Crippen molar-refractivity contribution in [2.75, 3.05) is 6.54 Å². The van der Waals surface area contributed by atoms with Crippen LogP contribution in [0.4, 0.5) is 4.39 Å². The summed E-state index contributed by atoms with van der Waals surface area (Å²) in [6.45, 7) is 0.846. The molecular weight excluding hydrogens is 378 g/mol. The first-order valence-electron chi connectivity index (χ1n) is 8.10. The van der Waals surface area contributed by atoms with E-state index < -0.39 is 0 Å². The van der Waals surface area contributed by atoms with Gasteiger partial charge in [0.05, 0.1) is 0 Å². The summed E-state index contributed by atoms with van der Waals surface area (Å²) in [5.74, 6) is -0.196. The van der Waals surface area contributed by atoms with E-state index in [0.717, 1.165) is 31.4 Å². The maximum atomic E-state index is 12.9. The zero-order chi connectivity index (χ0) is 16.2. The molecule has 1 saturated carbocycles. The third kappa shape index (κ3) is 4.93. The average Bonchev–Trinajstić information content (AvgIpc) is 2.55. The predicted octanol–water partition coefficient (Wildman–Crippen LogP) is 4.37. The molecule has 0 bridgehead atoms. The van der Waals surface area contributed by atoms with Crippen LogP contribution in [-0.2, 0) is 39.1 Å². The van der Waals surface area contributed by atoms with Crippen molar-refractivity contribution in [3.05, 3.63) is 82.1 Å². The second kappa shape index (κ2) is 9.16. The standard InChI is InChI=1S/C15H13FN.C4H9N2.Y/c16-13-7-5-12(6-8-13)15-14-4-2-1-3-11(14)9-10-17-15;5-3-1-4(6)2-3;/h1-8,15H,9-10H2;3-5H,1-2,6H2;/q2*-1;/t15-;;/m0../s1. The van der Waals surface area contributed by atoms with Gasteiger partial charge < -0.3 is 16.8 Å². The quantitative estimate of drug-likeness (QED) is 0.759. The molecule has 4 rings (SSSR count). The molecule has 2 aliphatic rings. The van der Waals surface area contributed by atoms with Crippen molar-refractivity contribution in [3.63, 3.8) is 0 Å². The second-order valence-electron chi connectivity index (χ2n) is 6.24. The van der Waals surface area contributed by atoms with E-state index >= 15 is 0 Å². The van der Waals surface area contributed by atoms with Crippen LogP contribution < -0.4 is 5.73 Å². The number of nitrogens with two attached hydrogens (primary N) is 1. The average molecular weight is 400 g/mol. The molecule has 0 aromatic heterocycles. The Bertz CT molecular complexity index is 635. The molecule has 0 amide bonds. The van der Waals surface area contributed by atoms with E-state index in [-0.39, 0.29) is 50.6 Å². The molecule has 0 spiro atoms. The maximum absolute atomic E-state index is 12.9. The fourth-order valence-corrected chi connectivity index (χ4v) is 3.03. The van der Waals surface area contributed by atoms with Crippen LogP contribution in [0.2, 0.25) is 0 Å². The number of hydrogen-bond donors (Lipinski definition) is 1. The third-order valence-electron chi connectivity index (χ3n) is 4.40. The van der Waals surface area contributed by atoms with Crippen LogP contribution in [-0.4, -0.2) is 18.6 Å². The van der Waals surface area contributed by atoms with Crippen LogP contribution >= 0.6 is 0 Å². The van der Waals surface area contributed by atoms with Gasteiger partial charge in [-0.15, -0.1) is 12.6 Å². The first kappa shape index (κ1) is 19.7. The molecule has 125 valence electrons. The summed E-state index contributed by atoms with van der Waals surface area (Å²) in [4.78, 5) is 0. The zero-order valence-electron chi connectivity index (χ0n) is 13.7. The van der Waals surface area contributed by atoms with Crippen LogP contribution in [0.1, 0.15) is 35.6 Å². The fraction of sp³-hybridized carbons (Fsp3) is 0.368. The first-order chi connectivity index (χ1) is 11.1. The number of nitrogens with one attached hydrogen (secondary N) is 1. The van der Waals surface area contributed by atoms with Crippen LogP contribution in [0.25, 0.3) is 11.1 Å². The number of hydrogen-bond acceptors (Lipinski definition) is 1. The molecule has 1 aliphatic carbocycles. The number of nitrogens with zero attached hydrogens (tertiary/aromatic N) is 1. The van der Waals surface area contributed by atoms with Gasteiger partial charge in [0, 0.05) is 38.8 Å². The van der Waals surface area contributed by atoms with Gasteiger partial charge in [-0.2, -0.15) is 0 Å². The van der Waals surface area contributed by atoms with E-state index in [0.29, 0.717) is 6.04 Å². The molecule has 24 heavy (non-hydrogen) atoms.